The van der Waals surface area contributed by atoms with E-state index < -0.39 is 23.2 Å². The Morgan fingerprint density at radius 3 is 2.59 bits per heavy atom. The largest absolute Gasteiger partial charge is 0.462 e. The van der Waals surface area contributed by atoms with Crippen molar-refractivity contribution in [3.8, 4) is 0 Å². The van der Waals surface area contributed by atoms with Crippen LogP contribution in [0.5, 0.6) is 0 Å². The monoisotopic (exact) mass is 415 g/mol. The lowest BCUT2D eigenvalue weighted by atomic mass is 10.1. The zero-order valence-corrected chi connectivity index (χ0v) is 16.6. The van der Waals surface area contributed by atoms with Crippen LogP contribution in [0, 0.1) is 5.82 Å². The minimum atomic E-state index is -0.851. The minimum absolute atomic E-state index is 0.0453. The molecule has 1 aromatic carbocycles. The average molecular weight is 415 g/mol. The lowest BCUT2D eigenvalue weighted by molar-refractivity contribution is -0.136. The summed E-state index contributed by atoms with van der Waals surface area (Å²) in [6.45, 7) is 3.48. The predicted octanol–water partition coefficient (Wildman–Crippen LogP) is 3.94. The topological polar surface area (TPSA) is 74.6 Å². The lowest BCUT2D eigenvalue weighted by Gasteiger charge is -2.15. The van der Waals surface area contributed by atoms with Gasteiger partial charge >= 0.3 is 11.9 Å². The van der Waals surface area contributed by atoms with Crippen LogP contribution in [0.4, 0.5) is 4.39 Å². The molecule has 2 aromatic heterocycles. The Morgan fingerprint density at radius 2 is 1.93 bits per heavy atom. The number of carbonyl (C=O) groups excluding carboxylic acids is 2. The van der Waals surface area contributed by atoms with E-state index in [1.165, 1.54) is 34.2 Å². The fourth-order valence-corrected chi connectivity index (χ4v) is 3.42. The molecule has 29 heavy (non-hydrogen) atoms. The third kappa shape index (κ3) is 4.27. The highest BCUT2D eigenvalue weighted by molar-refractivity contribution is 7.08. The number of hydrogen-bond acceptors (Lipinski definition) is 6. The smallest absolute Gasteiger partial charge is 0.355 e. The normalized spacial score (nSPS) is 11.5. The molecule has 0 bridgehead atoms. The highest BCUT2D eigenvalue weighted by atomic mass is 32.1. The SMILES string of the molecule is CCOC(=O)/C(=C\c1ccsc1)n1cc(C(=O)OCC)c(=O)c2cc(F)ccc21. The summed E-state index contributed by atoms with van der Waals surface area (Å²) in [5.74, 6) is -2.14. The van der Waals surface area contributed by atoms with Crippen LogP contribution in [0.3, 0.4) is 0 Å². The number of esters is 2. The molecule has 6 nitrogen and oxygen atoms in total. The molecule has 0 unspecified atom stereocenters. The molecule has 0 saturated heterocycles. The summed E-state index contributed by atoms with van der Waals surface area (Å²) in [5.41, 5.74) is 0.106. The van der Waals surface area contributed by atoms with Crippen molar-refractivity contribution in [1.29, 1.82) is 0 Å². The summed E-state index contributed by atoms with van der Waals surface area (Å²) in [6.07, 6.45) is 2.81. The number of pyridine rings is 1. The van der Waals surface area contributed by atoms with Crippen molar-refractivity contribution < 1.29 is 23.5 Å². The summed E-state index contributed by atoms with van der Waals surface area (Å²) in [6, 6.07) is 5.39. The third-order valence-corrected chi connectivity index (χ3v) is 4.75. The van der Waals surface area contributed by atoms with Crippen LogP contribution in [0.1, 0.15) is 29.8 Å². The number of ether oxygens (including phenoxy) is 2. The summed E-state index contributed by atoms with van der Waals surface area (Å²) >= 11 is 1.44. The number of fused-ring (bicyclic) bond motifs is 1. The van der Waals surface area contributed by atoms with Gasteiger partial charge in [0.1, 0.15) is 17.1 Å². The summed E-state index contributed by atoms with van der Waals surface area (Å²) < 4.78 is 25.3. The van der Waals surface area contributed by atoms with Crippen molar-refractivity contribution in [2.75, 3.05) is 13.2 Å². The van der Waals surface area contributed by atoms with Crippen LogP contribution >= 0.6 is 11.3 Å². The first kappa shape index (κ1) is 20.5. The molecular formula is C21H18FNO5S. The van der Waals surface area contributed by atoms with Gasteiger partial charge in [-0.2, -0.15) is 11.3 Å². The standard InChI is InChI=1S/C21H18FNO5S/c1-3-27-20(25)16-11-23(17-6-5-14(22)10-15(17)19(16)24)18(21(26)28-4-2)9-13-7-8-29-12-13/h5-12H,3-4H2,1-2H3/b18-9+. The second-order valence-corrected chi connectivity index (χ2v) is 6.71. The number of thiophene rings is 1. The number of carbonyl (C=O) groups is 2. The third-order valence-electron chi connectivity index (χ3n) is 4.05. The number of halogens is 1. The summed E-state index contributed by atoms with van der Waals surface area (Å²) in [4.78, 5) is 37.8. The average Bonchev–Trinajstić information content (AvgIpc) is 3.20. The molecule has 0 aliphatic rings. The number of nitrogens with zero attached hydrogens (tertiary/aromatic N) is 1. The molecule has 150 valence electrons. The van der Waals surface area contributed by atoms with Crippen LogP contribution in [-0.4, -0.2) is 29.7 Å². The van der Waals surface area contributed by atoms with Crippen LogP contribution in [0.15, 0.2) is 46.0 Å². The van der Waals surface area contributed by atoms with Gasteiger partial charge in [-0.25, -0.2) is 14.0 Å². The second kappa shape index (κ2) is 8.83. The Kier molecular flexibility index (Phi) is 6.23. The van der Waals surface area contributed by atoms with E-state index in [9.17, 15) is 18.8 Å². The Labute approximate surface area is 169 Å². The summed E-state index contributed by atoms with van der Waals surface area (Å²) in [7, 11) is 0. The molecule has 3 aromatic rings. The van der Waals surface area contributed by atoms with Gasteiger partial charge in [-0.15, -0.1) is 0 Å². The van der Waals surface area contributed by atoms with E-state index in [2.05, 4.69) is 0 Å². The molecule has 8 heteroatoms. The van der Waals surface area contributed by atoms with Crippen molar-refractivity contribution in [3.05, 3.63) is 68.4 Å². The van der Waals surface area contributed by atoms with Gasteiger partial charge in [0.05, 0.1) is 18.7 Å². The molecule has 0 radical (unpaired) electrons. The highest BCUT2D eigenvalue weighted by Crippen LogP contribution is 2.22. The molecule has 0 aliphatic carbocycles. The minimum Gasteiger partial charge on any atom is -0.462 e. The molecule has 0 amide bonds. The molecule has 0 saturated carbocycles. The van der Waals surface area contributed by atoms with Crippen molar-refractivity contribution in [2.45, 2.75) is 13.8 Å². The fraction of sp³-hybridized carbons (Fsp3) is 0.190. The van der Waals surface area contributed by atoms with Gasteiger partial charge < -0.3 is 14.0 Å². The van der Waals surface area contributed by atoms with Crippen molar-refractivity contribution in [1.82, 2.24) is 4.57 Å². The Balaban J connectivity index is 2.35. The maximum absolute atomic E-state index is 13.8. The first-order valence-electron chi connectivity index (χ1n) is 8.89. The van der Waals surface area contributed by atoms with Crippen molar-refractivity contribution >= 4 is 46.0 Å². The van der Waals surface area contributed by atoms with Gasteiger partial charge in [0.2, 0.25) is 5.43 Å². The Bertz CT molecular complexity index is 1150. The van der Waals surface area contributed by atoms with E-state index in [0.717, 1.165) is 11.6 Å². The Morgan fingerprint density at radius 1 is 1.17 bits per heavy atom. The number of aromatic nitrogens is 1. The van der Waals surface area contributed by atoms with E-state index in [-0.39, 0.29) is 35.4 Å². The van der Waals surface area contributed by atoms with E-state index in [1.54, 1.807) is 26.0 Å². The van der Waals surface area contributed by atoms with Gasteiger partial charge in [0.25, 0.3) is 0 Å². The second-order valence-electron chi connectivity index (χ2n) is 5.93. The van der Waals surface area contributed by atoms with E-state index in [1.807, 2.05) is 10.8 Å². The quantitative estimate of drug-likeness (QED) is 0.450. The number of rotatable bonds is 6. The molecular weight excluding hydrogens is 397 g/mol. The molecule has 0 aliphatic heterocycles. The van der Waals surface area contributed by atoms with E-state index in [4.69, 9.17) is 9.47 Å². The van der Waals surface area contributed by atoms with Gasteiger partial charge in [0.15, 0.2) is 0 Å². The number of hydrogen-bond donors (Lipinski definition) is 0. The van der Waals surface area contributed by atoms with Crippen molar-refractivity contribution in [2.24, 2.45) is 0 Å². The maximum Gasteiger partial charge on any atom is 0.355 e. The predicted molar refractivity (Wildman–Crippen MR) is 109 cm³/mol. The van der Waals surface area contributed by atoms with Gasteiger partial charge in [-0.3, -0.25) is 4.79 Å². The molecule has 0 fully saturated rings. The zero-order chi connectivity index (χ0) is 21.0. The van der Waals surface area contributed by atoms with Crippen LogP contribution < -0.4 is 5.43 Å². The molecule has 3 rings (SSSR count). The number of benzene rings is 1. The van der Waals surface area contributed by atoms with Crippen molar-refractivity contribution in [3.63, 3.8) is 0 Å². The van der Waals surface area contributed by atoms with Gasteiger partial charge in [-0.05, 0) is 60.5 Å². The first-order chi connectivity index (χ1) is 14.0. The zero-order valence-electron chi connectivity index (χ0n) is 15.8. The van der Waals surface area contributed by atoms with Gasteiger partial charge in [0, 0.05) is 11.6 Å². The lowest BCUT2D eigenvalue weighted by Crippen LogP contribution is -2.23. The maximum atomic E-state index is 13.8. The van der Waals surface area contributed by atoms with E-state index >= 15 is 0 Å². The highest BCUT2D eigenvalue weighted by Gasteiger charge is 2.22. The van der Waals surface area contributed by atoms with Crippen LogP contribution in [0.25, 0.3) is 22.7 Å². The Hall–Kier alpha value is -3.26. The van der Waals surface area contributed by atoms with Crippen LogP contribution in [-0.2, 0) is 14.3 Å². The summed E-state index contributed by atoms with van der Waals surface area (Å²) in [5, 5.41) is 3.63. The molecule has 0 spiro atoms. The first-order valence-corrected chi connectivity index (χ1v) is 9.84. The molecule has 0 N–H and O–H groups in total. The fourth-order valence-electron chi connectivity index (χ4n) is 2.80. The van der Waals surface area contributed by atoms with Gasteiger partial charge in [-0.1, -0.05) is 0 Å². The van der Waals surface area contributed by atoms with Crippen LogP contribution in [0.2, 0.25) is 0 Å². The molecule has 0 atom stereocenters. The molecule has 2 heterocycles. The van der Waals surface area contributed by atoms with E-state index in [0.29, 0.717) is 0 Å².